The van der Waals surface area contributed by atoms with Crippen molar-refractivity contribution in [3.05, 3.63) is 76.5 Å². The summed E-state index contributed by atoms with van der Waals surface area (Å²) in [7, 11) is 0. The number of hydrogen-bond acceptors (Lipinski definition) is 5. The second-order valence-corrected chi connectivity index (χ2v) is 14.5. The maximum absolute atomic E-state index is 14.5. The van der Waals surface area contributed by atoms with Gasteiger partial charge < -0.3 is 9.80 Å². The van der Waals surface area contributed by atoms with Gasteiger partial charge in [-0.05, 0) is 73.6 Å². The zero-order chi connectivity index (χ0) is 33.0. The molecule has 0 radical (unpaired) electrons. The van der Waals surface area contributed by atoms with E-state index in [1.54, 1.807) is 0 Å². The van der Waals surface area contributed by atoms with E-state index in [1.165, 1.54) is 67.3 Å². The molecule has 2 aromatic heterocycles. The van der Waals surface area contributed by atoms with Crippen LogP contribution in [0.3, 0.4) is 0 Å². The van der Waals surface area contributed by atoms with Gasteiger partial charge in [-0.3, -0.25) is 0 Å². The van der Waals surface area contributed by atoms with Crippen LogP contribution in [-0.4, -0.2) is 57.2 Å². The molecule has 2 saturated heterocycles. The number of likely N-dealkylation sites (tertiary alicyclic amines) is 1. The molecule has 0 aliphatic carbocycles. The molecule has 0 amide bonds. The van der Waals surface area contributed by atoms with Crippen molar-refractivity contribution in [2.75, 3.05) is 37.6 Å². The molecular weight excluding hydrogens is 609 g/mol. The predicted octanol–water partition coefficient (Wildman–Crippen LogP) is 8.75. The van der Waals surface area contributed by atoms with Gasteiger partial charge in [0, 0.05) is 31.8 Å². The van der Waals surface area contributed by atoms with Gasteiger partial charge in [0.2, 0.25) is 0 Å². The van der Waals surface area contributed by atoms with Crippen molar-refractivity contribution < 1.29 is 13.2 Å². The molecule has 0 saturated carbocycles. The van der Waals surface area contributed by atoms with E-state index in [1.807, 2.05) is 4.90 Å². The molecule has 2 fully saturated rings. The van der Waals surface area contributed by atoms with Crippen LogP contribution in [0.25, 0.3) is 16.9 Å². The molecule has 1 unspecified atom stereocenters. The van der Waals surface area contributed by atoms with Crippen LogP contribution >= 0.6 is 11.6 Å². The summed E-state index contributed by atoms with van der Waals surface area (Å²) < 4.78 is 43.7. The molecule has 10 heteroatoms. The third-order valence-electron chi connectivity index (χ3n) is 9.12. The first-order valence-electron chi connectivity index (χ1n) is 16.5. The lowest BCUT2D eigenvalue weighted by Crippen LogP contribution is -2.35. The molecule has 4 aromatic rings. The number of hydrogen-bond donors (Lipinski definition) is 0. The molecule has 2 aliphatic heterocycles. The van der Waals surface area contributed by atoms with Crippen LogP contribution < -0.4 is 4.90 Å². The van der Waals surface area contributed by atoms with Gasteiger partial charge in [0.15, 0.2) is 0 Å². The van der Waals surface area contributed by atoms with Crippen molar-refractivity contribution in [3.63, 3.8) is 0 Å². The lowest BCUT2D eigenvalue weighted by molar-refractivity contribution is 0.200. The average Bonchev–Trinajstić information content (AvgIpc) is 3.46. The number of anilines is 1. The van der Waals surface area contributed by atoms with Crippen LogP contribution in [0.15, 0.2) is 42.7 Å². The van der Waals surface area contributed by atoms with Crippen molar-refractivity contribution in [2.24, 2.45) is 11.8 Å². The van der Waals surface area contributed by atoms with E-state index in [0.717, 1.165) is 18.8 Å². The Balaban J connectivity index is 0.000000188. The highest BCUT2D eigenvalue weighted by atomic mass is 35.5. The smallest absolute Gasteiger partial charge is 0.255 e. The molecule has 248 valence electrons. The maximum atomic E-state index is 14.5. The molecule has 2 aliphatic rings. The Morgan fingerprint density at radius 1 is 0.913 bits per heavy atom. The van der Waals surface area contributed by atoms with Gasteiger partial charge in [-0.2, -0.15) is 19.6 Å². The van der Waals surface area contributed by atoms with Crippen molar-refractivity contribution in [3.8, 4) is 11.1 Å². The topological polar surface area (TPSA) is 49.6 Å². The minimum absolute atomic E-state index is 0.0502. The SMILES string of the molecule is CC(Cc1ccc(C(C)(C)C)cc1)CN1CCCCC1.CC1CCN(c2c(-c3c(F)cc(F)cc3F)c(Cl)nc3ncnn23)CC1. The predicted molar refractivity (Wildman–Crippen MR) is 180 cm³/mol. The summed E-state index contributed by atoms with van der Waals surface area (Å²) in [6.07, 6.45) is 8.57. The molecule has 6 rings (SSSR count). The van der Waals surface area contributed by atoms with E-state index in [9.17, 15) is 13.2 Å². The largest absolute Gasteiger partial charge is 0.356 e. The first-order chi connectivity index (χ1) is 21.9. The van der Waals surface area contributed by atoms with E-state index in [0.29, 0.717) is 37.0 Å². The van der Waals surface area contributed by atoms with E-state index in [4.69, 9.17) is 11.6 Å². The van der Waals surface area contributed by atoms with Crippen LogP contribution in [0.1, 0.15) is 77.8 Å². The Morgan fingerprint density at radius 3 is 2.15 bits per heavy atom. The summed E-state index contributed by atoms with van der Waals surface area (Å²) in [6, 6.07) is 10.5. The third kappa shape index (κ3) is 8.21. The van der Waals surface area contributed by atoms with Gasteiger partial charge in [0.1, 0.15) is 34.7 Å². The van der Waals surface area contributed by atoms with Gasteiger partial charge >= 0.3 is 0 Å². The standard InChI is InChI=1S/C19H31N.C17H15ClF3N5/c1-16(15-20-12-6-5-7-13-20)14-17-8-10-18(11-9-17)19(2,3)4;1-9-2-4-25(5-3-9)16-14(13-11(20)6-10(19)7-12(13)21)15(18)24-17-22-8-23-26(16)17/h8-11,16H,5-7,12-15H2,1-4H3;6-9H,2-5H2,1H3. The van der Waals surface area contributed by atoms with E-state index < -0.39 is 23.0 Å². The number of piperidine rings is 2. The third-order valence-corrected chi connectivity index (χ3v) is 9.39. The Bertz CT molecular complexity index is 1580. The first-order valence-corrected chi connectivity index (χ1v) is 16.9. The lowest BCUT2D eigenvalue weighted by atomic mass is 9.86. The highest BCUT2D eigenvalue weighted by Gasteiger charge is 2.29. The van der Waals surface area contributed by atoms with Gasteiger partial charge in [-0.25, -0.2) is 13.2 Å². The summed E-state index contributed by atoms with van der Waals surface area (Å²) in [6.45, 7) is 16.6. The summed E-state index contributed by atoms with van der Waals surface area (Å²) >= 11 is 6.29. The fourth-order valence-electron chi connectivity index (χ4n) is 6.50. The summed E-state index contributed by atoms with van der Waals surface area (Å²) in [4.78, 5) is 12.7. The monoisotopic (exact) mass is 654 g/mol. The van der Waals surface area contributed by atoms with Crippen molar-refractivity contribution in [1.29, 1.82) is 0 Å². The van der Waals surface area contributed by atoms with Crippen LogP contribution in [-0.2, 0) is 11.8 Å². The van der Waals surface area contributed by atoms with Gasteiger partial charge in [-0.15, -0.1) is 0 Å². The van der Waals surface area contributed by atoms with E-state index >= 15 is 0 Å². The number of halogens is 4. The minimum atomic E-state index is -1.04. The van der Waals surface area contributed by atoms with Gasteiger partial charge in [0.05, 0.1) is 11.1 Å². The normalized spacial score (nSPS) is 17.2. The fraction of sp³-hybridized carbons (Fsp3) is 0.528. The van der Waals surface area contributed by atoms with Crippen molar-refractivity contribution in [2.45, 2.75) is 78.6 Å². The number of rotatable bonds is 6. The Hall–Kier alpha value is -3.17. The Morgan fingerprint density at radius 2 is 1.54 bits per heavy atom. The van der Waals surface area contributed by atoms with Gasteiger partial charge in [0.25, 0.3) is 5.78 Å². The minimum Gasteiger partial charge on any atom is -0.356 e. The Kier molecular flexibility index (Phi) is 10.9. The molecule has 1 atom stereocenters. The molecule has 0 bridgehead atoms. The van der Waals surface area contributed by atoms with Crippen LogP contribution in [0.5, 0.6) is 0 Å². The van der Waals surface area contributed by atoms with Crippen molar-refractivity contribution >= 4 is 23.2 Å². The number of fused-ring (bicyclic) bond motifs is 1. The number of benzene rings is 2. The van der Waals surface area contributed by atoms with E-state index in [2.05, 4.69) is 78.9 Å². The average molecular weight is 655 g/mol. The maximum Gasteiger partial charge on any atom is 0.255 e. The molecule has 4 heterocycles. The molecule has 46 heavy (non-hydrogen) atoms. The zero-order valence-electron chi connectivity index (χ0n) is 27.7. The molecule has 0 N–H and O–H groups in total. The number of aromatic nitrogens is 4. The summed E-state index contributed by atoms with van der Waals surface area (Å²) in [5.74, 6) is -1.13. The molecule has 2 aromatic carbocycles. The van der Waals surface area contributed by atoms with Crippen LogP contribution in [0.4, 0.5) is 19.0 Å². The highest BCUT2D eigenvalue weighted by molar-refractivity contribution is 6.33. The lowest BCUT2D eigenvalue weighted by Gasteiger charge is -2.33. The summed E-state index contributed by atoms with van der Waals surface area (Å²) in [5, 5.41) is 4.03. The number of nitrogens with zero attached hydrogens (tertiary/aromatic N) is 6. The molecular formula is C36H46ClF3N6. The van der Waals surface area contributed by atoms with Crippen LogP contribution in [0.2, 0.25) is 5.15 Å². The highest BCUT2D eigenvalue weighted by Crippen LogP contribution is 2.40. The molecule has 6 nitrogen and oxygen atoms in total. The van der Waals surface area contributed by atoms with Crippen molar-refractivity contribution in [1.82, 2.24) is 24.5 Å². The van der Waals surface area contributed by atoms with Crippen LogP contribution in [0, 0.1) is 29.3 Å². The van der Waals surface area contributed by atoms with Gasteiger partial charge in [-0.1, -0.05) is 76.9 Å². The summed E-state index contributed by atoms with van der Waals surface area (Å²) in [5.41, 5.74) is 2.81. The zero-order valence-corrected chi connectivity index (χ0v) is 28.4. The second kappa shape index (κ2) is 14.7. The van der Waals surface area contributed by atoms with E-state index in [-0.39, 0.29) is 21.9 Å². The first kappa shape index (κ1) is 34.2. The molecule has 0 spiro atoms. The second-order valence-electron chi connectivity index (χ2n) is 14.1. The quantitative estimate of drug-likeness (QED) is 0.195. The Labute approximate surface area is 276 Å². The fourth-order valence-corrected chi connectivity index (χ4v) is 6.76.